The van der Waals surface area contributed by atoms with E-state index < -0.39 is 6.36 Å². The van der Waals surface area contributed by atoms with Crippen LogP contribution in [0.25, 0.3) is 0 Å². The van der Waals surface area contributed by atoms with Crippen molar-refractivity contribution in [3.8, 4) is 0 Å². The summed E-state index contributed by atoms with van der Waals surface area (Å²) in [6.45, 7) is 2.32. The first kappa shape index (κ1) is 13.0. The van der Waals surface area contributed by atoms with Crippen LogP contribution in [0.15, 0.2) is 24.3 Å². The van der Waals surface area contributed by atoms with Crippen molar-refractivity contribution < 1.29 is 17.9 Å². The van der Waals surface area contributed by atoms with E-state index in [1.54, 1.807) is 0 Å². The van der Waals surface area contributed by atoms with Gasteiger partial charge in [-0.05, 0) is 12.5 Å². The predicted molar refractivity (Wildman–Crippen MR) is 54.9 cm³/mol. The Hall–Kier alpha value is -1.07. The molecular weight excluding hydrogens is 219 g/mol. The lowest BCUT2D eigenvalue weighted by atomic mass is 10.1. The maximum absolute atomic E-state index is 11.6. The molecule has 16 heavy (non-hydrogen) atoms. The molecule has 0 spiro atoms. The van der Waals surface area contributed by atoms with Gasteiger partial charge in [0, 0.05) is 13.1 Å². The summed E-state index contributed by atoms with van der Waals surface area (Å²) >= 11 is 0. The molecule has 1 N–H and O–H groups in total. The van der Waals surface area contributed by atoms with Crippen LogP contribution in [-0.2, 0) is 11.3 Å². The Kier molecular flexibility index (Phi) is 4.76. The van der Waals surface area contributed by atoms with E-state index in [0.717, 1.165) is 11.1 Å². The Morgan fingerprint density at radius 1 is 1.31 bits per heavy atom. The molecule has 0 saturated carbocycles. The molecule has 0 bridgehead atoms. The van der Waals surface area contributed by atoms with Gasteiger partial charge in [-0.25, -0.2) is 0 Å². The van der Waals surface area contributed by atoms with Gasteiger partial charge in [0.15, 0.2) is 0 Å². The summed E-state index contributed by atoms with van der Waals surface area (Å²) < 4.78 is 38.5. The van der Waals surface area contributed by atoms with Crippen molar-refractivity contribution in [2.45, 2.75) is 19.8 Å². The Morgan fingerprint density at radius 2 is 2.06 bits per heavy atom. The normalized spacial score (nSPS) is 11.8. The molecule has 0 atom stereocenters. The molecule has 0 fully saturated rings. The summed E-state index contributed by atoms with van der Waals surface area (Å²) in [5, 5.41) is 2.88. The minimum atomic E-state index is -4.54. The molecule has 0 amide bonds. The fourth-order valence-corrected chi connectivity index (χ4v) is 1.29. The van der Waals surface area contributed by atoms with Crippen molar-refractivity contribution in [2.24, 2.45) is 0 Å². The third-order valence-electron chi connectivity index (χ3n) is 1.96. The van der Waals surface area contributed by atoms with Crippen molar-refractivity contribution in [3.63, 3.8) is 0 Å². The number of ether oxygens (including phenoxy) is 1. The number of hydrogen-bond acceptors (Lipinski definition) is 2. The van der Waals surface area contributed by atoms with Crippen LogP contribution in [-0.4, -0.2) is 19.5 Å². The van der Waals surface area contributed by atoms with Crippen LogP contribution in [0.5, 0.6) is 0 Å². The van der Waals surface area contributed by atoms with Crippen LogP contribution in [0.1, 0.15) is 11.1 Å². The SMILES string of the molecule is Cc1cccc(CNCCOC(F)(F)F)c1. The van der Waals surface area contributed by atoms with Crippen molar-refractivity contribution in [1.82, 2.24) is 5.32 Å². The lowest BCUT2D eigenvalue weighted by molar-refractivity contribution is -0.323. The minimum Gasteiger partial charge on any atom is -0.310 e. The molecule has 90 valence electrons. The third-order valence-corrected chi connectivity index (χ3v) is 1.96. The van der Waals surface area contributed by atoms with Crippen molar-refractivity contribution >= 4 is 0 Å². The van der Waals surface area contributed by atoms with Gasteiger partial charge in [0.25, 0.3) is 0 Å². The van der Waals surface area contributed by atoms with Gasteiger partial charge in [0.2, 0.25) is 0 Å². The average molecular weight is 233 g/mol. The maximum atomic E-state index is 11.6. The first-order valence-corrected chi connectivity index (χ1v) is 4.94. The summed E-state index contributed by atoms with van der Waals surface area (Å²) in [4.78, 5) is 0. The summed E-state index contributed by atoms with van der Waals surface area (Å²) in [6, 6.07) is 7.79. The molecule has 1 aromatic carbocycles. The highest BCUT2D eigenvalue weighted by molar-refractivity contribution is 5.21. The molecule has 1 rings (SSSR count). The monoisotopic (exact) mass is 233 g/mol. The zero-order chi connectivity index (χ0) is 12.0. The van der Waals surface area contributed by atoms with Crippen molar-refractivity contribution in [2.75, 3.05) is 13.2 Å². The second kappa shape index (κ2) is 5.86. The van der Waals surface area contributed by atoms with Gasteiger partial charge in [-0.15, -0.1) is 13.2 Å². The number of halogens is 3. The smallest absolute Gasteiger partial charge is 0.310 e. The topological polar surface area (TPSA) is 21.3 Å². The standard InChI is InChI=1S/C11H14F3NO/c1-9-3-2-4-10(7-9)8-15-5-6-16-11(12,13)14/h2-4,7,15H,5-6,8H2,1H3. The molecule has 1 aromatic rings. The van der Waals surface area contributed by atoms with Crippen LogP contribution in [0.3, 0.4) is 0 Å². The van der Waals surface area contributed by atoms with Crippen LogP contribution in [0.4, 0.5) is 13.2 Å². The molecule has 0 aliphatic carbocycles. The fourth-order valence-electron chi connectivity index (χ4n) is 1.29. The van der Waals surface area contributed by atoms with E-state index in [1.807, 2.05) is 31.2 Å². The molecule has 0 heterocycles. The minimum absolute atomic E-state index is 0.174. The van der Waals surface area contributed by atoms with E-state index in [1.165, 1.54) is 0 Å². The van der Waals surface area contributed by atoms with E-state index in [0.29, 0.717) is 6.54 Å². The lowest BCUT2D eigenvalue weighted by Crippen LogP contribution is -2.23. The quantitative estimate of drug-likeness (QED) is 0.789. The van der Waals surface area contributed by atoms with Crippen LogP contribution < -0.4 is 5.32 Å². The van der Waals surface area contributed by atoms with Gasteiger partial charge in [-0.2, -0.15) is 0 Å². The zero-order valence-electron chi connectivity index (χ0n) is 8.97. The molecule has 0 aromatic heterocycles. The van der Waals surface area contributed by atoms with Crippen molar-refractivity contribution in [3.05, 3.63) is 35.4 Å². The fraction of sp³-hybridized carbons (Fsp3) is 0.455. The maximum Gasteiger partial charge on any atom is 0.522 e. The largest absolute Gasteiger partial charge is 0.522 e. The first-order chi connectivity index (χ1) is 7.47. The van der Waals surface area contributed by atoms with Crippen LogP contribution in [0.2, 0.25) is 0 Å². The van der Waals surface area contributed by atoms with Gasteiger partial charge in [0.1, 0.15) is 0 Å². The number of benzene rings is 1. The summed E-state index contributed by atoms with van der Waals surface area (Å²) in [5.74, 6) is 0. The van der Waals surface area contributed by atoms with E-state index in [4.69, 9.17) is 0 Å². The lowest BCUT2D eigenvalue weighted by Gasteiger charge is -2.08. The number of aryl methyl sites for hydroxylation is 1. The molecule has 0 aliphatic rings. The number of alkyl halides is 3. The highest BCUT2D eigenvalue weighted by Gasteiger charge is 2.28. The Balaban J connectivity index is 2.17. The number of nitrogens with one attached hydrogen (secondary N) is 1. The second-order valence-electron chi connectivity index (χ2n) is 3.46. The summed E-state index contributed by atoms with van der Waals surface area (Å²) in [7, 11) is 0. The molecule has 2 nitrogen and oxygen atoms in total. The predicted octanol–water partition coefficient (Wildman–Crippen LogP) is 2.62. The Labute approximate surface area is 92.4 Å². The van der Waals surface area contributed by atoms with Crippen molar-refractivity contribution in [1.29, 1.82) is 0 Å². The highest BCUT2D eigenvalue weighted by Crippen LogP contribution is 2.15. The number of hydrogen-bond donors (Lipinski definition) is 1. The Morgan fingerprint density at radius 3 is 2.69 bits per heavy atom. The molecule has 5 heteroatoms. The third kappa shape index (κ3) is 5.72. The summed E-state index contributed by atoms with van der Waals surface area (Å²) in [5.41, 5.74) is 2.18. The highest BCUT2D eigenvalue weighted by atomic mass is 19.4. The van der Waals surface area contributed by atoms with Gasteiger partial charge in [-0.3, -0.25) is 4.74 Å². The molecule has 0 radical (unpaired) electrons. The van der Waals surface area contributed by atoms with Gasteiger partial charge in [0.05, 0.1) is 6.61 Å². The average Bonchev–Trinajstić information content (AvgIpc) is 2.15. The zero-order valence-corrected chi connectivity index (χ0v) is 8.97. The molecule has 0 saturated heterocycles. The van der Waals surface area contributed by atoms with E-state index >= 15 is 0 Å². The van der Waals surface area contributed by atoms with Gasteiger partial charge in [-0.1, -0.05) is 29.8 Å². The van der Waals surface area contributed by atoms with Gasteiger partial charge < -0.3 is 5.32 Å². The van der Waals surface area contributed by atoms with E-state index in [2.05, 4.69) is 10.1 Å². The Bertz CT molecular complexity index is 325. The number of rotatable bonds is 5. The van der Waals surface area contributed by atoms with E-state index in [9.17, 15) is 13.2 Å². The summed E-state index contributed by atoms with van der Waals surface area (Å²) in [6.07, 6.45) is -4.54. The van der Waals surface area contributed by atoms with Crippen LogP contribution >= 0.6 is 0 Å². The second-order valence-corrected chi connectivity index (χ2v) is 3.46. The van der Waals surface area contributed by atoms with Gasteiger partial charge >= 0.3 is 6.36 Å². The van der Waals surface area contributed by atoms with Crippen LogP contribution in [0, 0.1) is 6.92 Å². The molecule has 0 aliphatic heterocycles. The molecular formula is C11H14F3NO. The molecule has 0 unspecified atom stereocenters. The first-order valence-electron chi connectivity index (χ1n) is 4.94. The van der Waals surface area contributed by atoms with E-state index in [-0.39, 0.29) is 13.2 Å².